The van der Waals surface area contributed by atoms with E-state index >= 15 is 0 Å². The highest BCUT2D eigenvalue weighted by Gasteiger charge is 2.25. The van der Waals surface area contributed by atoms with Gasteiger partial charge in [-0.2, -0.15) is 0 Å². The second-order valence-electron chi connectivity index (χ2n) is 5.89. The molecule has 8 heteroatoms. The number of carbonyl (C=O) groups excluding carboxylic acids is 1. The Morgan fingerprint density at radius 1 is 1.25 bits per heavy atom. The number of hydrogen-bond acceptors (Lipinski definition) is 6. The molecule has 142 valence electrons. The van der Waals surface area contributed by atoms with Crippen molar-refractivity contribution in [2.75, 3.05) is 11.5 Å². The molecule has 3 aromatic heterocycles. The van der Waals surface area contributed by atoms with Crippen molar-refractivity contribution in [3.05, 3.63) is 70.9 Å². The van der Waals surface area contributed by atoms with Crippen molar-refractivity contribution >= 4 is 48.5 Å². The van der Waals surface area contributed by atoms with Crippen molar-refractivity contribution in [2.45, 2.75) is 13.5 Å². The molecule has 0 aliphatic heterocycles. The summed E-state index contributed by atoms with van der Waals surface area (Å²) in [6.45, 7) is 2.80. The van der Waals surface area contributed by atoms with Crippen LogP contribution in [0.3, 0.4) is 0 Å². The molecular weight excluding hydrogens is 442 g/mol. The Balaban J connectivity index is 1.77. The van der Waals surface area contributed by atoms with Crippen molar-refractivity contribution in [1.29, 1.82) is 0 Å². The Hall–Kier alpha value is -2.71. The van der Waals surface area contributed by atoms with E-state index in [9.17, 15) is 4.79 Å². The number of rotatable bonds is 6. The topological polar surface area (TPSA) is 68.5 Å². The zero-order valence-corrected chi connectivity index (χ0v) is 17.4. The Kier molecular flexibility index (Phi) is 5.40. The second kappa shape index (κ2) is 8.12. The van der Waals surface area contributed by atoms with Crippen molar-refractivity contribution < 1.29 is 13.9 Å². The van der Waals surface area contributed by atoms with E-state index in [0.717, 1.165) is 15.8 Å². The predicted molar refractivity (Wildman–Crippen MR) is 112 cm³/mol. The van der Waals surface area contributed by atoms with Gasteiger partial charge in [-0.3, -0.25) is 14.7 Å². The van der Waals surface area contributed by atoms with E-state index in [-0.39, 0.29) is 11.7 Å². The number of ether oxygens (including phenoxy) is 1. The fourth-order valence-electron chi connectivity index (χ4n) is 2.76. The van der Waals surface area contributed by atoms with E-state index in [1.165, 1.54) is 11.3 Å². The van der Waals surface area contributed by atoms with Gasteiger partial charge in [0, 0.05) is 12.4 Å². The largest absolute Gasteiger partial charge is 0.492 e. The summed E-state index contributed by atoms with van der Waals surface area (Å²) in [7, 11) is 0. The predicted octanol–water partition coefficient (Wildman–Crippen LogP) is 5.29. The maximum absolute atomic E-state index is 13.2. The van der Waals surface area contributed by atoms with Crippen LogP contribution < -0.4 is 9.64 Å². The molecule has 0 aliphatic carbocycles. The summed E-state index contributed by atoms with van der Waals surface area (Å²) in [5, 5.41) is 0.573. The minimum Gasteiger partial charge on any atom is -0.492 e. The fraction of sp³-hybridized carbons (Fsp3) is 0.150. The van der Waals surface area contributed by atoms with Crippen molar-refractivity contribution in [1.82, 2.24) is 9.97 Å². The lowest BCUT2D eigenvalue weighted by atomic mass is 10.2. The Morgan fingerprint density at radius 3 is 2.86 bits per heavy atom. The number of carbonyl (C=O) groups is 1. The van der Waals surface area contributed by atoms with Gasteiger partial charge in [-0.25, -0.2) is 4.98 Å². The van der Waals surface area contributed by atoms with Crippen LogP contribution in [0.4, 0.5) is 5.13 Å². The summed E-state index contributed by atoms with van der Waals surface area (Å²) >= 11 is 4.69. The average Bonchev–Trinajstić information content (AvgIpc) is 3.33. The monoisotopic (exact) mass is 457 g/mol. The quantitative estimate of drug-likeness (QED) is 0.393. The third-order valence-electron chi connectivity index (χ3n) is 3.99. The molecule has 4 aromatic rings. The number of hydrogen-bond donors (Lipinski definition) is 0. The molecule has 0 saturated heterocycles. The highest BCUT2D eigenvalue weighted by atomic mass is 79.9. The number of benzene rings is 1. The van der Waals surface area contributed by atoms with Gasteiger partial charge in [0.05, 0.1) is 17.9 Å². The van der Waals surface area contributed by atoms with Gasteiger partial charge >= 0.3 is 0 Å². The van der Waals surface area contributed by atoms with Gasteiger partial charge in [-0.05, 0) is 58.7 Å². The van der Waals surface area contributed by atoms with E-state index < -0.39 is 0 Å². The van der Waals surface area contributed by atoms with Crippen LogP contribution in [0.15, 0.2) is 63.9 Å². The molecule has 1 amide bonds. The molecular formula is C20H16BrN3O3S. The zero-order chi connectivity index (χ0) is 19.5. The fourth-order valence-corrected chi connectivity index (χ4v) is 4.05. The van der Waals surface area contributed by atoms with Crippen LogP contribution >= 0.6 is 27.3 Å². The normalized spacial score (nSPS) is 10.9. The molecule has 0 unspecified atom stereocenters. The number of halogens is 1. The molecule has 0 bridgehead atoms. The number of para-hydroxylation sites is 1. The van der Waals surface area contributed by atoms with Gasteiger partial charge in [0.25, 0.3) is 5.91 Å². The molecule has 1 aromatic carbocycles. The second-order valence-corrected chi connectivity index (χ2v) is 7.68. The number of furan rings is 1. The molecule has 0 saturated carbocycles. The summed E-state index contributed by atoms with van der Waals surface area (Å²) in [5.74, 6) is 0.670. The van der Waals surface area contributed by atoms with Gasteiger partial charge in [0.1, 0.15) is 11.3 Å². The zero-order valence-electron chi connectivity index (χ0n) is 15.0. The first-order valence-electron chi connectivity index (χ1n) is 8.64. The number of pyridine rings is 1. The summed E-state index contributed by atoms with van der Waals surface area (Å²) in [4.78, 5) is 23.6. The van der Waals surface area contributed by atoms with Crippen molar-refractivity contribution in [2.24, 2.45) is 0 Å². The molecule has 0 fully saturated rings. The maximum Gasteiger partial charge on any atom is 0.296 e. The molecule has 0 atom stereocenters. The number of nitrogens with zero attached hydrogens (tertiary/aromatic N) is 3. The molecule has 0 aliphatic rings. The molecule has 3 heterocycles. The van der Waals surface area contributed by atoms with Crippen LogP contribution in [0, 0.1) is 0 Å². The van der Waals surface area contributed by atoms with Crippen LogP contribution in [0.5, 0.6) is 5.75 Å². The van der Waals surface area contributed by atoms with E-state index in [2.05, 4.69) is 20.9 Å². The molecule has 0 spiro atoms. The highest BCUT2D eigenvalue weighted by molar-refractivity contribution is 9.10. The minimum atomic E-state index is -0.272. The van der Waals surface area contributed by atoms with Crippen LogP contribution in [0.2, 0.25) is 0 Å². The van der Waals surface area contributed by atoms with Crippen molar-refractivity contribution in [3.63, 3.8) is 0 Å². The Labute approximate surface area is 173 Å². The van der Waals surface area contributed by atoms with Gasteiger partial charge in [0.2, 0.25) is 0 Å². The lowest BCUT2D eigenvalue weighted by Crippen LogP contribution is -2.30. The summed E-state index contributed by atoms with van der Waals surface area (Å²) in [6, 6.07) is 12.9. The summed E-state index contributed by atoms with van der Waals surface area (Å²) in [6.07, 6.45) is 3.43. The number of aromatic nitrogens is 2. The smallest absolute Gasteiger partial charge is 0.296 e. The Morgan fingerprint density at radius 2 is 2.14 bits per heavy atom. The Bertz CT molecular complexity index is 1110. The average molecular weight is 458 g/mol. The van der Waals surface area contributed by atoms with Crippen LogP contribution in [0.25, 0.3) is 10.2 Å². The van der Waals surface area contributed by atoms with Gasteiger partial charge in [-0.1, -0.05) is 23.5 Å². The third-order valence-corrected chi connectivity index (χ3v) is 5.46. The summed E-state index contributed by atoms with van der Waals surface area (Å²) < 4.78 is 12.6. The first-order valence-corrected chi connectivity index (χ1v) is 10.2. The van der Waals surface area contributed by atoms with Gasteiger partial charge in [-0.15, -0.1) is 0 Å². The van der Waals surface area contributed by atoms with Gasteiger partial charge in [0.15, 0.2) is 15.6 Å². The molecule has 28 heavy (non-hydrogen) atoms. The van der Waals surface area contributed by atoms with Crippen LogP contribution in [-0.2, 0) is 6.54 Å². The number of thiazole rings is 1. The van der Waals surface area contributed by atoms with E-state index in [4.69, 9.17) is 14.1 Å². The lowest BCUT2D eigenvalue weighted by molar-refractivity contribution is 0.0957. The first-order chi connectivity index (χ1) is 13.7. The van der Waals surface area contributed by atoms with Crippen LogP contribution in [-0.4, -0.2) is 22.5 Å². The standard InChI is InChI=1S/C20H16BrN3O3S/c1-2-26-14-6-3-7-16-18(14)23-20(28-16)24(12-13-5-4-10-22-11-13)19(25)15-8-9-17(21)27-15/h3-11H,2,12H2,1H3. The maximum atomic E-state index is 13.2. The minimum absolute atomic E-state index is 0.236. The number of fused-ring (bicyclic) bond motifs is 1. The SMILES string of the molecule is CCOc1cccc2sc(N(Cc3cccnc3)C(=O)c3ccc(Br)o3)nc12. The highest BCUT2D eigenvalue weighted by Crippen LogP contribution is 2.35. The van der Waals surface area contributed by atoms with E-state index in [0.29, 0.717) is 28.7 Å². The molecule has 4 rings (SSSR count). The molecule has 0 radical (unpaired) electrons. The van der Waals surface area contributed by atoms with E-state index in [1.54, 1.807) is 29.4 Å². The van der Waals surface area contributed by atoms with Crippen LogP contribution in [0.1, 0.15) is 23.0 Å². The van der Waals surface area contributed by atoms with Crippen molar-refractivity contribution in [3.8, 4) is 5.75 Å². The molecule has 0 N–H and O–H groups in total. The molecule has 6 nitrogen and oxygen atoms in total. The third kappa shape index (κ3) is 3.79. The lowest BCUT2D eigenvalue weighted by Gasteiger charge is -2.18. The number of anilines is 1. The first kappa shape index (κ1) is 18.6. The number of amides is 1. The van der Waals surface area contributed by atoms with E-state index in [1.807, 2.05) is 37.3 Å². The van der Waals surface area contributed by atoms with Gasteiger partial charge < -0.3 is 9.15 Å². The summed E-state index contributed by atoms with van der Waals surface area (Å²) in [5.41, 5.74) is 1.64.